The van der Waals surface area contributed by atoms with Crippen molar-refractivity contribution < 1.29 is 28.5 Å². The molecule has 1 aliphatic heterocycles. The average Bonchev–Trinajstić information content (AvgIpc) is 3.34. The Hall–Kier alpha value is -3.10. The van der Waals surface area contributed by atoms with Crippen molar-refractivity contribution >= 4 is 23.2 Å². The summed E-state index contributed by atoms with van der Waals surface area (Å²) in [6, 6.07) is 12.2. The van der Waals surface area contributed by atoms with Crippen molar-refractivity contribution in [1.29, 1.82) is 0 Å². The molecule has 1 aliphatic rings. The summed E-state index contributed by atoms with van der Waals surface area (Å²) in [4.78, 5) is 25.1. The fourth-order valence-electron chi connectivity index (χ4n) is 3.46. The van der Waals surface area contributed by atoms with Crippen LogP contribution in [0.3, 0.4) is 0 Å². The van der Waals surface area contributed by atoms with Gasteiger partial charge in [-0.2, -0.15) is 0 Å². The summed E-state index contributed by atoms with van der Waals surface area (Å²) in [6.07, 6.45) is 2.38. The van der Waals surface area contributed by atoms with Gasteiger partial charge < -0.3 is 29.6 Å². The Morgan fingerprint density at radius 2 is 1.67 bits per heavy atom. The molecule has 2 aromatic carbocycles. The number of amides is 2. The van der Waals surface area contributed by atoms with E-state index in [4.69, 9.17) is 18.9 Å². The lowest BCUT2D eigenvalue weighted by molar-refractivity contribution is -0.117. The molecule has 0 saturated carbocycles. The maximum atomic E-state index is 12.6. The second-order valence-electron chi connectivity index (χ2n) is 7.54. The second kappa shape index (κ2) is 12.8. The van der Waals surface area contributed by atoms with E-state index in [2.05, 4.69) is 10.6 Å². The first-order valence-corrected chi connectivity index (χ1v) is 11.4. The maximum Gasteiger partial charge on any atom is 0.255 e. The van der Waals surface area contributed by atoms with E-state index in [9.17, 15) is 9.59 Å². The third kappa shape index (κ3) is 7.47. The van der Waals surface area contributed by atoms with Crippen LogP contribution < -0.4 is 20.1 Å². The Kier molecular flexibility index (Phi) is 9.53. The minimum atomic E-state index is -0.265. The van der Waals surface area contributed by atoms with E-state index in [1.54, 1.807) is 36.4 Å². The predicted molar refractivity (Wildman–Crippen MR) is 126 cm³/mol. The molecule has 2 N–H and O–H groups in total. The van der Waals surface area contributed by atoms with Crippen molar-refractivity contribution in [2.75, 3.05) is 43.7 Å². The Labute approximate surface area is 194 Å². The van der Waals surface area contributed by atoms with Gasteiger partial charge in [-0.25, -0.2) is 0 Å². The van der Waals surface area contributed by atoms with E-state index in [-0.39, 0.29) is 24.3 Å². The van der Waals surface area contributed by atoms with Crippen molar-refractivity contribution in [2.24, 2.45) is 0 Å². The molecule has 0 aromatic heterocycles. The average molecular weight is 457 g/mol. The van der Waals surface area contributed by atoms with Crippen LogP contribution in [0.2, 0.25) is 0 Å². The lowest BCUT2D eigenvalue weighted by Gasteiger charge is -2.18. The lowest BCUT2D eigenvalue weighted by atomic mass is 10.2. The molecule has 2 aromatic rings. The largest absolute Gasteiger partial charge is 0.492 e. The number of carbonyl (C=O) groups is 2. The first kappa shape index (κ1) is 24.5. The quantitative estimate of drug-likeness (QED) is 0.464. The van der Waals surface area contributed by atoms with E-state index in [1.807, 2.05) is 19.9 Å². The molecule has 1 fully saturated rings. The highest BCUT2D eigenvalue weighted by Crippen LogP contribution is 2.37. The minimum absolute atomic E-state index is 0.130. The van der Waals surface area contributed by atoms with Crippen molar-refractivity contribution in [3.63, 3.8) is 0 Å². The molecule has 2 amide bonds. The van der Waals surface area contributed by atoms with Crippen LogP contribution in [0.5, 0.6) is 11.5 Å². The summed E-state index contributed by atoms with van der Waals surface area (Å²) in [5.41, 5.74) is 1.47. The van der Waals surface area contributed by atoms with E-state index < -0.39 is 0 Å². The molecule has 8 heteroatoms. The van der Waals surface area contributed by atoms with Gasteiger partial charge in [0.15, 0.2) is 0 Å². The molecule has 0 spiro atoms. The van der Waals surface area contributed by atoms with Crippen LogP contribution in [-0.4, -0.2) is 51.0 Å². The highest BCUT2D eigenvalue weighted by molar-refractivity contribution is 6.05. The van der Waals surface area contributed by atoms with Crippen LogP contribution >= 0.6 is 0 Å². The standard InChI is InChI=1S/C25H32N2O6/c1-3-31-22-16-21(27-25(29)18-9-6-5-7-10-18)23(32-4-2)15-20(22)26-24(28)12-14-30-17-19-11-8-13-33-19/h5-7,9-10,15-16,19H,3-4,8,11-14,17H2,1-2H3,(H,26,28)(H,27,29). The summed E-state index contributed by atoms with van der Waals surface area (Å²) in [5, 5.41) is 5.74. The predicted octanol–water partition coefficient (Wildman–Crippen LogP) is 4.26. The lowest BCUT2D eigenvalue weighted by Crippen LogP contribution is -2.19. The van der Waals surface area contributed by atoms with Gasteiger partial charge in [0.1, 0.15) is 11.5 Å². The highest BCUT2D eigenvalue weighted by Gasteiger charge is 2.18. The van der Waals surface area contributed by atoms with Gasteiger partial charge in [0.2, 0.25) is 5.91 Å². The maximum absolute atomic E-state index is 12.6. The molecule has 1 saturated heterocycles. The Balaban J connectivity index is 1.67. The number of hydrogen-bond acceptors (Lipinski definition) is 6. The molecule has 8 nitrogen and oxygen atoms in total. The fraction of sp³-hybridized carbons (Fsp3) is 0.440. The van der Waals surface area contributed by atoms with Crippen LogP contribution in [0, 0.1) is 0 Å². The normalized spacial score (nSPS) is 15.2. The van der Waals surface area contributed by atoms with E-state index in [0.29, 0.717) is 54.9 Å². The molecule has 3 rings (SSSR count). The molecular formula is C25H32N2O6. The van der Waals surface area contributed by atoms with Gasteiger partial charge in [-0.05, 0) is 38.8 Å². The molecule has 0 bridgehead atoms. The third-order valence-corrected chi connectivity index (χ3v) is 5.04. The van der Waals surface area contributed by atoms with Gasteiger partial charge >= 0.3 is 0 Å². The molecule has 178 valence electrons. The van der Waals surface area contributed by atoms with Gasteiger partial charge in [0.05, 0.1) is 50.3 Å². The third-order valence-electron chi connectivity index (χ3n) is 5.04. The summed E-state index contributed by atoms with van der Waals surface area (Å²) < 4.78 is 22.5. The molecule has 1 heterocycles. The van der Waals surface area contributed by atoms with Crippen molar-refractivity contribution in [3.8, 4) is 11.5 Å². The topological polar surface area (TPSA) is 95.1 Å². The number of hydrogen-bond donors (Lipinski definition) is 2. The molecule has 0 aliphatic carbocycles. The monoisotopic (exact) mass is 456 g/mol. The van der Waals surface area contributed by atoms with Crippen LogP contribution in [0.15, 0.2) is 42.5 Å². The molecule has 1 atom stereocenters. The zero-order chi connectivity index (χ0) is 23.5. The number of ether oxygens (including phenoxy) is 4. The first-order chi connectivity index (χ1) is 16.1. The number of rotatable bonds is 12. The smallest absolute Gasteiger partial charge is 0.255 e. The number of carbonyl (C=O) groups excluding carboxylic acids is 2. The van der Waals surface area contributed by atoms with Crippen LogP contribution in [0.25, 0.3) is 0 Å². The minimum Gasteiger partial charge on any atom is -0.492 e. The summed E-state index contributed by atoms with van der Waals surface area (Å²) in [6.45, 7) is 6.08. The van der Waals surface area contributed by atoms with Crippen LogP contribution in [-0.2, 0) is 14.3 Å². The zero-order valence-electron chi connectivity index (χ0n) is 19.2. The summed E-state index contributed by atoms with van der Waals surface area (Å²) >= 11 is 0. The molecule has 33 heavy (non-hydrogen) atoms. The van der Waals surface area contributed by atoms with Gasteiger partial charge in [-0.1, -0.05) is 18.2 Å². The number of benzene rings is 2. The van der Waals surface area contributed by atoms with E-state index in [0.717, 1.165) is 19.4 Å². The van der Waals surface area contributed by atoms with Crippen LogP contribution in [0.4, 0.5) is 11.4 Å². The number of nitrogens with one attached hydrogen (secondary N) is 2. The second-order valence-corrected chi connectivity index (χ2v) is 7.54. The Bertz CT molecular complexity index is 913. The Morgan fingerprint density at radius 3 is 2.27 bits per heavy atom. The molecule has 1 unspecified atom stereocenters. The van der Waals surface area contributed by atoms with Gasteiger partial charge in [-0.15, -0.1) is 0 Å². The van der Waals surface area contributed by atoms with Crippen molar-refractivity contribution in [2.45, 2.75) is 39.2 Å². The number of anilines is 2. The first-order valence-electron chi connectivity index (χ1n) is 11.4. The van der Waals surface area contributed by atoms with Gasteiger partial charge in [-0.3, -0.25) is 9.59 Å². The van der Waals surface area contributed by atoms with Gasteiger partial charge in [0.25, 0.3) is 5.91 Å². The van der Waals surface area contributed by atoms with Gasteiger partial charge in [0, 0.05) is 24.3 Å². The van der Waals surface area contributed by atoms with Crippen molar-refractivity contribution in [1.82, 2.24) is 0 Å². The molecular weight excluding hydrogens is 424 g/mol. The van der Waals surface area contributed by atoms with Crippen molar-refractivity contribution in [3.05, 3.63) is 48.0 Å². The summed E-state index contributed by atoms with van der Waals surface area (Å²) in [5.74, 6) is 0.416. The zero-order valence-corrected chi connectivity index (χ0v) is 19.2. The van der Waals surface area contributed by atoms with E-state index >= 15 is 0 Å². The molecule has 0 radical (unpaired) electrons. The van der Waals surface area contributed by atoms with Crippen LogP contribution in [0.1, 0.15) is 43.5 Å². The fourth-order valence-corrected chi connectivity index (χ4v) is 3.46. The van der Waals surface area contributed by atoms with E-state index in [1.165, 1.54) is 0 Å². The Morgan fingerprint density at radius 1 is 1.00 bits per heavy atom. The SMILES string of the molecule is CCOc1cc(NC(=O)c2ccccc2)c(OCC)cc1NC(=O)CCOCC1CCCO1. The summed E-state index contributed by atoms with van der Waals surface area (Å²) in [7, 11) is 0. The highest BCUT2D eigenvalue weighted by atomic mass is 16.5.